The summed E-state index contributed by atoms with van der Waals surface area (Å²) in [5.41, 5.74) is 1.15. The molecule has 38 heavy (non-hydrogen) atoms. The van der Waals surface area contributed by atoms with Crippen molar-refractivity contribution in [3.8, 4) is 0 Å². The number of esters is 1. The van der Waals surface area contributed by atoms with Gasteiger partial charge in [-0.1, -0.05) is 54.9 Å². The molecule has 0 aliphatic rings. The lowest BCUT2D eigenvalue weighted by molar-refractivity contribution is -0.113. The van der Waals surface area contributed by atoms with Gasteiger partial charge < -0.3 is 19.9 Å². The summed E-state index contributed by atoms with van der Waals surface area (Å²) in [6, 6.07) is 10.8. The normalized spacial score (nSPS) is 11.8. The van der Waals surface area contributed by atoms with Gasteiger partial charge in [-0.3, -0.25) is 9.59 Å². The van der Waals surface area contributed by atoms with Crippen LogP contribution >= 0.6 is 35.0 Å². The van der Waals surface area contributed by atoms with E-state index in [-0.39, 0.29) is 35.1 Å². The maximum Gasteiger partial charge on any atom is 0.338 e. The number of halogens is 2. The number of hydrogen-bond acceptors (Lipinski definition) is 7. The van der Waals surface area contributed by atoms with E-state index in [1.807, 2.05) is 25.3 Å². The lowest BCUT2D eigenvalue weighted by atomic mass is 10.0. The van der Waals surface area contributed by atoms with Crippen LogP contribution in [0.1, 0.15) is 60.3 Å². The summed E-state index contributed by atoms with van der Waals surface area (Å²) in [7, 11) is 0. The third-order valence-electron chi connectivity index (χ3n) is 5.46. The first-order valence-corrected chi connectivity index (χ1v) is 13.8. The lowest BCUT2D eigenvalue weighted by Gasteiger charge is -2.22. The second-order valence-corrected chi connectivity index (χ2v) is 10.3. The minimum absolute atomic E-state index is 0.00708. The summed E-state index contributed by atoms with van der Waals surface area (Å²) in [6.45, 7) is 8.40. The average Bonchev–Trinajstić information content (AvgIpc) is 3.28. The Morgan fingerprint density at radius 1 is 1.08 bits per heavy atom. The fraction of sp³-hybridized carbons (Fsp3) is 0.346. The Kier molecular flexibility index (Phi) is 10.6. The van der Waals surface area contributed by atoms with Crippen LogP contribution < -0.4 is 10.6 Å². The first-order valence-electron chi connectivity index (χ1n) is 12.0. The monoisotopic (exact) mass is 577 g/mol. The zero-order valence-corrected chi connectivity index (χ0v) is 23.8. The molecule has 9 nitrogen and oxygen atoms in total. The first-order chi connectivity index (χ1) is 18.1. The Labute approximate surface area is 235 Å². The van der Waals surface area contributed by atoms with Crippen LogP contribution in [0, 0.1) is 5.92 Å². The van der Waals surface area contributed by atoms with Gasteiger partial charge >= 0.3 is 5.97 Å². The number of amides is 2. The highest BCUT2D eigenvalue weighted by atomic mass is 35.5. The number of nitrogens with one attached hydrogen (secondary N) is 2. The highest BCUT2D eigenvalue weighted by molar-refractivity contribution is 7.99. The number of benzene rings is 2. The smallest absolute Gasteiger partial charge is 0.338 e. The molecule has 0 aliphatic heterocycles. The highest BCUT2D eigenvalue weighted by Crippen LogP contribution is 2.27. The van der Waals surface area contributed by atoms with E-state index in [0.717, 1.165) is 0 Å². The van der Waals surface area contributed by atoms with Gasteiger partial charge in [-0.15, -0.1) is 10.2 Å². The average molecular weight is 579 g/mol. The van der Waals surface area contributed by atoms with E-state index < -0.39 is 12.0 Å². The molecule has 0 unspecified atom stereocenters. The second-order valence-electron chi connectivity index (χ2n) is 8.54. The van der Waals surface area contributed by atoms with E-state index in [9.17, 15) is 14.4 Å². The first kappa shape index (κ1) is 29.5. The predicted octanol–water partition coefficient (Wildman–Crippen LogP) is 5.64. The standard InChI is InChI=1S/C26H29Cl2N5O4S/c1-5-33-23(22(15(3)4)30-24(35)19-11-10-17(27)13-20(19)28)31-32-26(33)38-14-21(34)29-18-9-7-8-16(12-18)25(36)37-6-2/h7-13,15,22H,5-6,14H2,1-4H3,(H,29,34)(H,30,35)/t22-/m0/s1. The van der Waals surface area contributed by atoms with Crippen LogP contribution in [0.2, 0.25) is 10.0 Å². The summed E-state index contributed by atoms with van der Waals surface area (Å²) in [5, 5.41) is 15.6. The van der Waals surface area contributed by atoms with Crippen molar-refractivity contribution in [2.45, 2.75) is 45.4 Å². The van der Waals surface area contributed by atoms with Crippen LogP contribution in [0.25, 0.3) is 0 Å². The number of ether oxygens (including phenoxy) is 1. The third kappa shape index (κ3) is 7.49. The summed E-state index contributed by atoms with van der Waals surface area (Å²) < 4.78 is 6.87. The van der Waals surface area contributed by atoms with E-state index in [2.05, 4.69) is 20.8 Å². The fourth-order valence-electron chi connectivity index (χ4n) is 3.62. The van der Waals surface area contributed by atoms with Gasteiger partial charge in [0.25, 0.3) is 5.91 Å². The van der Waals surface area contributed by atoms with E-state index in [4.69, 9.17) is 27.9 Å². The molecule has 3 aromatic rings. The molecule has 0 spiro atoms. The Morgan fingerprint density at radius 3 is 2.50 bits per heavy atom. The third-order valence-corrected chi connectivity index (χ3v) is 6.97. The molecule has 0 aliphatic carbocycles. The van der Waals surface area contributed by atoms with Gasteiger partial charge in [0.05, 0.1) is 34.6 Å². The Bertz CT molecular complexity index is 1310. The van der Waals surface area contributed by atoms with Crippen LogP contribution in [0.3, 0.4) is 0 Å². The largest absolute Gasteiger partial charge is 0.462 e. The highest BCUT2D eigenvalue weighted by Gasteiger charge is 2.27. The number of anilines is 1. The maximum absolute atomic E-state index is 13.0. The van der Waals surface area contributed by atoms with Crippen molar-refractivity contribution in [2.75, 3.05) is 17.7 Å². The van der Waals surface area contributed by atoms with Crippen molar-refractivity contribution in [2.24, 2.45) is 5.92 Å². The van der Waals surface area contributed by atoms with Gasteiger partial charge in [0.15, 0.2) is 11.0 Å². The van der Waals surface area contributed by atoms with Crippen molar-refractivity contribution in [1.29, 1.82) is 0 Å². The number of aromatic nitrogens is 3. The van der Waals surface area contributed by atoms with Gasteiger partial charge in [0.2, 0.25) is 5.91 Å². The molecule has 2 N–H and O–H groups in total. The molecule has 1 atom stereocenters. The summed E-state index contributed by atoms with van der Waals surface area (Å²) >= 11 is 13.4. The molecule has 0 fully saturated rings. The van der Waals surface area contributed by atoms with Crippen LogP contribution in [0.4, 0.5) is 5.69 Å². The summed E-state index contributed by atoms with van der Waals surface area (Å²) in [5.74, 6) is -0.435. The molecule has 0 saturated heterocycles. The zero-order valence-electron chi connectivity index (χ0n) is 21.5. The van der Waals surface area contributed by atoms with Crippen molar-refractivity contribution < 1.29 is 19.1 Å². The van der Waals surface area contributed by atoms with Gasteiger partial charge in [-0.2, -0.15) is 0 Å². The molecule has 2 aromatic carbocycles. The van der Waals surface area contributed by atoms with Crippen LogP contribution in [-0.4, -0.2) is 44.9 Å². The van der Waals surface area contributed by atoms with Gasteiger partial charge in [0, 0.05) is 17.3 Å². The second kappa shape index (κ2) is 13.6. The number of carbonyl (C=O) groups is 3. The molecule has 12 heteroatoms. The van der Waals surface area contributed by atoms with Crippen molar-refractivity contribution in [1.82, 2.24) is 20.1 Å². The minimum atomic E-state index is -0.452. The van der Waals surface area contributed by atoms with Gasteiger partial charge in [-0.25, -0.2) is 4.79 Å². The zero-order chi connectivity index (χ0) is 27.8. The molecule has 3 rings (SSSR count). The Balaban J connectivity index is 1.70. The molecule has 0 bridgehead atoms. The molecular formula is C26H29Cl2N5O4S. The van der Waals surface area contributed by atoms with Gasteiger partial charge in [-0.05, 0) is 56.2 Å². The molecule has 0 radical (unpaired) electrons. The molecule has 1 heterocycles. The van der Waals surface area contributed by atoms with Crippen molar-refractivity contribution >= 4 is 58.4 Å². The van der Waals surface area contributed by atoms with E-state index in [1.54, 1.807) is 43.3 Å². The van der Waals surface area contributed by atoms with E-state index >= 15 is 0 Å². The number of rotatable bonds is 11. The number of carbonyl (C=O) groups excluding carboxylic acids is 3. The van der Waals surface area contributed by atoms with E-state index in [0.29, 0.717) is 39.4 Å². The predicted molar refractivity (Wildman–Crippen MR) is 149 cm³/mol. The van der Waals surface area contributed by atoms with Gasteiger partial charge in [0.1, 0.15) is 0 Å². The fourth-order valence-corrected chi connectivity index (χ4v) is 4.93. The SMILES string of the molecule is CCOC(=O)c1cccc(NC(=O)CSc2nnc([C@@H](NC(=O)c3ccc(Cl)cc3Cl)C(C)C)n2CC)c1. The topological polar surface area (TPSA) is 115 Å². The lowest BCUT2D eigenvalue weighted by Crippen LogP contribution is -2.34. The quantitative estimate of drug-likeness (QED) is 0.224. The Hall–Kier alpha value is -3.08. The van der Waals surface area contributed by atoms with Crippen LogP contribution in [-0.2, 0) is 16.1 Å². The van der Waals surface area contributed by atoms with E-state index in [1.165, 1.54) is 17.8 Å². The van der Waals surface area contributed by atoms with Crippen LogP contribution in [0.15, 0.2) is 47.6 Å². The van der Waals surface area contributed by atoms with Crippen molar-refractivity contribution in [3.63, 3.8) is 0 Å². The minimum Gasteiger partial charge on any atom is -0.462 e. The molecular weight excluding hydrogens is 549 g/mol. The Morgan fingerprint density at radius 2 is 1.84 bits per heavy atom. The summed E-state index contributed by atoms with van der Waals surface area (Å²) in [6.07, 6.45) is 0. The molecule has 0 saturated carbocycles. The summed E-state index contributed by atoms with van der Waals surface area (Å²) in [4.78, 5) is 37.5. The van der Waals surface area contributed by atoms with Crippen molar-refractivity contribution in [3.05, 3.63) is 69.5 Å². The number of thioether (sulfide) groups is 1. The number of hydrogen-bond donors (Lipinski definition) is 2. The number of nitrogens with zero attached hydrogens (tertiary/aromatic N) is 3. The van der Waals surface area contributed by atoms with Crippen LogP contribution in [0.5, 0.6) is 0 Å². The molecule has 202 valence electrons. The molecule has 2 amide bonds. The molecule has 1 aromatic heterocycles. The maximum atomic E-state index is 13.0.